The molecule has 4 nitrogen and oxygen atoms in total. The molecule has 0 radical (unpaired) electrons. The third kappa shape index (κ3) is 6.74. The number of esters is 1. The first kappa shape index (κ1) is 28.5. The molecule has 0 N–H and O–H groups in total. The Hall–Kier alpha value is -4.47. The molecule has 0 saturated carbocycles. The fraction of sp³-hybridized carbons (Fsp3) is 0.167. The molecule has 0 aliphatic carbocycles. The van der Waals surface area contributed by atoms with Crippen LogP contribution in [0.2, 0.25) is 0 Å². The molecule has 208 valence electrons. The molecule has 4 aromatic rings. The minimum absolute atomic E-state index is 0.210. The summed E-state index contributed by atoms with van der Waals surface area (Å²) in [6, 6.07) is 20.8. The van der Waals surface area contributed by atoms with Gasteiger partial charge in [0.15, 0.2) is 0 Å². The maximum absolute atomic E-state index is 13.4. The van der Waals surface area contributed by atoms with E-state index in [0.717, 1.165) is 12.1 Å². The fourth-order valence-corrected chi connectivity index (χ4v) is 3.98. The smallest absolute Gasteiger partial charge is 0.419 e. The van der Waals surface area contributed by atoms with Crippen LogP contribution < -0.4 is 9.47 Å². The zero-order valence-electron chi connectivity index (χ0n) is 21.0. The van der Waals surface area contributed by atoms with Crippen LogP contribution in [-0.4, -0.2) is 13.1 Å². The van der Waals surface area contributed by atoms with Crippen molar-refractivity contribution in [3.05, 3.63) is 119 Å². The third-order valence-corrected chi connectivity index (χ3v) is 5.95. The summed E-state index contributed by atoms with van der Waals surface area (Å²) >= 11 is 0. The zero-order valence-corrected chi connectivity index (χ0v) is 21.0. The van der Waals surface area contributed by atoms with Gasteiger partial charge in [-0.05, 0) is 64.7 Å². The first-order valence-electron chi connectivity index (χ1n) is 11.9. The highest BCUT2D eigenvalue weighted by Gasteiger charge is 2.35. The van der Waals surface area contributed by atoms with Gasteiger partial charge in [0.1, 0.15) is 24.7 Å². The molecule has 40 heavy (non-hydrogen) atoms. The second-order valence-corrected chi connectivity index (χ2v) is 8.63. The maximum Gasteiger partial charge on any atom is 0.419 e. The highest BCUT2D eigenvalue weighted by atomic mass is 19.4. The van der Waals surface area contributed by atoms with E-state index in [2.05, 4.69) is 0 Å². The second kappa shape index (κ2) is 11.7. The molecule has 0 aliphatic heterocycles. The Morgan fingerprint density at radius 2 is 1.20 bits per heavy atom. The summed E-state index contributed by atoms with van der Waals surface area (Å²) in [5.74, 6) is -1.24. The van der Waals surface area contributed by atoms with E-state index in [0.29, 0.717) is 22.3 Å². The van der Waals surface area contributed by atoms with E-state index < -0.39 is 29.4 Å². The lowest BCUT2D eigenvalue weighted by atomic mass is 9.96. The summed E-state index contributed by atoms with van der Waals surface area (Å²) in [6.07, 6.45) is -9.21. The normalized spacial score (nSPS) is 11.7. The van der Waals surface area contributed by atoms with E-state index in [-0.39, 0.29) is 30.3 Å². The van der Waals surface area contributed by atoms with Crippen molar-refractivity contribution < 1.29 is 45.3 Å². The largest absolute Gasteiger partial charge is 0.488 e. The topological polar surface area (TPSA) is 44.8 Å². The van der Waals surface area contributed by atoms with Crippen LogP contribution in [0.3, 0.4) is 0 Å². The third-order valence-electron chi connectivity index (χ3n) is 5.95. The molecule has 0 spiro atoms. The summed E-state index contributed by atoms with van der Waals surface area (Å²) in [5, 5.41) is 0. The van der Waals surface area contributed by atoms with Gasteiger partial charge < -0.3 is 14.2 Å². The number of halogens is 6. The van der Waals surface area contributed by atoms with E-state index in [1.807, 2.05) is 0 Å². The van der Waals surface area contributed by atoms with Crippen LogP contribution in [0, 0.1) is 0 Å². The lowest BCUT2D eigenvalue weighted by Crippen LogP contribution is -2.09. The van der Waals surface area contributed by atoms with Gasteiger partial charge in [-0.15, -0.1) is 0 Å². The Bertz CT molecular complexity index is 1480. The minimum Gasteiger partial charge on any atom is -0.488 e. The Morgan fingerprint density at radius 1 is 0.675 bits per heavy atom. The highest BCUT2D eigenvalue weighted by Crippen LogP contribution is 2.38. The van der Waals surface area contributed by atoms with Crippen LogP contribution in [0.15, 0.2) is 91.0 Å². The van der Waals surface area contributed by atoms with Gasteiger partial charge in [-0.1, -0.05) is 48.5 Å². The van der Waals surface area contributed by atoms with E-state index in [9.17, 15) is 31.1 Å². The van der Waals surface area contributed by atoms with Gasteiger partial charge in [0, 0.05) is 0 Å². The molecule has 0 amide bonds. The van der Waals surface area contributed by atoms with Crippen molar-refractivity contribution in [2.45, 2.75) is 25.6 Å². The Balaban J connectivity index is 1.66. The zero-order chi connectivity index (χ0) is 28.9. The number of para-hydroxylation sites is 2. The van der Waals surface area contributed by atoms with Crippen LogP contribution >= 0.6 is 0 Å². The Morgan fingerprint density at radius 3 is 1.73 bits per heavy atom. The summed E-state index contributed by atoms with van der Waals surface area (Å²) in [4.78, 5) is 11.8. The van der Waals surface area contributed by atoms with Gasteiger partial charge >= 0.3 is 18.3 Å². The van der Waals surface area contributed by atoms with Crippen molar-refractivity contribution in [3.63, 3.8) is 0 Å². The van der Waals surface area contributed by atoms with Gasteiger partial charge in [0.05, 0.1) is 23.8 Å². The number of alkyl halides is 6. The maximum atomic E-state index is 13.4. The average Bonchev–Trinajstić information content (AvgIpc) is 2.94. The van der Waals surface area contributed by atoms with Crippen molar-refractivity contribution in [3.8, 4) is 22.6 Å². The van der Waals surface area contributed by atoms with Crippen molar-refractivity contribution >= 4 is 5.97 Å². The van der Waals surface area contributed by atoms with Crippen molar-refractivity contribution in [2.24, 2.45) is 0 Å². The molecule has 0 unspecified atom stereocenters. The molecule has 0 fully saturated rings. The van der Waals surface area contributed by atoms with E-state index in [1.165, 1.54) is 55.6 Å². The monoisotopic (exact) mass is 560 g/mol. The molecule has 0 heterocycles. The molecule has 0 saturated heterocycles. The lowest BCUT2D eigenvalue weighted by molar-refractivity contribution is -0.139. The van der Waals surface area contributed by atoms with Gasteiger partial charge in [0.25, 0.3) is 0 Å². The minimum atomic E-state index is -4.61. The molecule has 4 aromatic carbocycles. The van der Waals surface area contributed by atoms with Gasteiger partial charge in [-0.2, -0.15) is 26.3 Å². The number of ether oxygens (including phenoxy) is 3. The molecule has 0 atom stereocenters. The first-order chi connectivity index (χ1) is 19.0. The Kier molecular flexibility index (Phi) is 8.37. The number of hydrogen-bond donors (Lipinski definition) is 0. The number of carbonyl (C=O) groups is 1. The summed E-state index contributed by atoms with van der Waals surface area (Å²) in [7, 11) is 1.24. The predicted molar refractivity (Wildman–Crippen MR) is 135 cm³/mol. The molecular formula is C30H22F6O4. The predicted octanol–water partition coefficient (Wildman–Crippen LogP) is 8.34. The number of rotatable bonds is 8. The fourth-order valence-electron chi connectivity index (χ4n) is 3.98. The van der Waals surface area contributed by atoms with E-state index in [4.69, 9.17) is 14.2 Å². The van der Waals surface area contributed by atoms with Crippen molar-refractivity contribution in [1.29, 1.82) is 0 Å². The van der Waals surface area contributed by atoms with Crippen LogP contribution in [0.5, 0.6) is 11.5 Å². The van der Waals surface area contributed by atoms with E-state index >= 15 is 0 Å². The number of hydrogen-bond acceptors (Lipinski definition) is 4. The van der Waals surface area contributed by atoms with Crippen LogP contribution in [0.1, 0.15) is 32.6 Å². The molecule has 0 aromatic heterocycles. The van der Waals surface area contributed by atoms with Crippen molar-refractivity contribution in [1.82, 2.24) is 0 Å². The van der Waals surface area contributed by atoms with Gasteiger partial charge in [-0.25, -0.2) is 4.79 Å². The standard InChI is InChI=1S/C30H22F6O4/c1-38-28(37)21-14-12-20(13-15-21)23-16-19(17-39-26-8-4-2-6-24(26)29(31,32)33)10-11-22(23)18-40-27-9-5-3-7-25(27)30(34,35)36/h2-16H,17-18H2,1H3. The number of benzene rings is 4. The van der Waals surface area contributed by atoms with Crippen LogP contribution in [0.25, 0.3) is 11.1 Å². The Labute approximate surface area is 225 Å². The van der Waals surface area contributed by atoms with Gasteiger partial charge in [-0.3, -0.25) is 0 Å². The molecular weight excluding hydrogens is 538 g/mol. The first-order valence-corrected chi connectivity index (χ1v) is 11.9. The number of methoxy groups -OCH3 is 1. The molecule has 10 heteroatoms. The average molecular weight is 560 g/mol. The summed E-state index contributed by atoms with van der Waals surface area (Å²) < 4.78 is 96.1. The van der Waals surface area contributed by atoms with E-state index in [1.54, 1.807) is 30.3 Å². The van der Waals surface area contributed by atoms with Crippen molar-refractivity contribution in [2.75, 3.05) is 7.11 Å². The van der Waals surface area contributed by atoms with Crippen LogP contribution in [0.4, 0.5) is 26.3 Å². The quantitative estimate of drug-likeness (QED) is 0.161. The summed E-state index contributed by atoms with van der Waals surface area (Å²) in [6.45, 7) is -0.447. The highest BCUT2D eigenvalue weighted by molar-refractivity contribution is 5.90. The van der Waals surface area contributed by atoms with Gasteiger partial charge in [0.2, 0.25) is 0 Å². The summed E-state index contributed by atoms with van der Waals surface area (Å²) in [5.41, 5.74) is 0.574. The lowest BCUT2D eigenvalue weighted by Gasteiger charge is -2.17. The van der Waals surface area contributed by atoms with Crippen LogP contribution in [-0.2, 0) is 30.3 Å². The number of carbonyl (C=O) groups excluding carboxylic acids is 1. The molecule has 4 rings (SSSR count). The second-order valence-electron chi connectivity index (χ2n) is 8.63. The molecule has 0 aliphatic rings. The SMILES string of the molecule is COC(=O)c1ccc(-c2cc(COc3ccccc3C(F)(F)F)ccc2COc2ccccc2C(F)(F)F)cc1. The molecule has 0 bridgehead atoms.